The number of benzene rings is 1. The maximum absolute atomic E-state index is 13.3. The summed E-state index contributed by atoms with van der Waals surface area (Å²) in [4.78, 5) is 24.5. The number of amides is 1. The second kappa shape index (κ2) is 5.10. The summed E-state index contributed by atoms with van der Waals surface area (Å²) in [5.41, 5.74) is 0.639. The Morgan fingerprint density at radius 3 is 2.70 bits per heavy atom. The number of hydrogen-bond donors (Lipinski definition) is 0. The van der Waals surface area contributed by atoms with Gasteiger partial charge in [0.05, 0.1) is 5.69 Å². The first-order valence-corrected chi connectivity index (χ1v) is 6.36. The van der Waals surface area contributed by atoms with E-state index in [0.29, 0.717) is 29.8 Å². The Hall–Kier alpha value is -2.13. The van der Waals surface area contributed by atoms with Crippen molar-refractivity contribution in [2.45, 2.75) is 32.8 Å². The molecule has 2 rings (SSSR count). The van der Waals surface area contributed by atoms with Crippen molar-refractivity contribution in [1.29, 1.82) is 0 Å². The molecule has 0 unspecified atom stereocenters. The lowest BCUT2D eigenvalue weighted by Gasteiger charge is -2.31. The Kier molecular flexibility index (Phi) is 3.64. The third-order valence-electron chi connectivity index (χ3n) is 2.90. The summed E-state index contributed by atoms with van der Waals surface area (Å²) in [6, 6.07) is 3.97. The van der Waals surface area contributed by atoms with Gasteiger partial charge in [-0.1, -0.05) is 0 Å². The molecule has 1 amide bonds. The first-order valence-electron chi connectivity index (χ1n) is 6.36. The van der Waals surface area contributed by atoms with Crippen molar-refractivity contribution >= 4 is 23.3 Å². The Morgan fingerprint density at radius 1 is 1.40 bits per heavy atom. The highest BCUT2D eigenvalue weighted by atomic mass is 19.1. The zero-order valence-corrected chi connectivity index (χ0v) is 11.7. The van der Waals surface area contributed by atoms with Crippen molar-refractivity contribution in [2.24, 2.45) is 0 Å². The van der Waals surface area contributed by atoms with E-state index in [1.807, 2.05) is 5.94 Å². The normalized spacial score (nSPS) is 14.6. The van der Waals surface area contributed by atoms with Crippen LogP contribution >= 0.6 is 0 Å². The lowest BCUT2D eigenvalue weighted by atomic mass is 9.97. The number of anilines is 1. The molecule has 0 fully saturated rings. The fraction of sp³-hybridized carbons (Fsp3) is 0.400. The van der Waals surface area contributed by atoms with Crippen LogP contribution in [-0.2, 0) is 9.53 Å². The third-order valence-corrected chi connectivity index (χ3v) is 2.90. The molecular weight excluding hydrogens is 261 g/mol. The summed E-state index contributed by atoms with van der Waals surface area (Å²) in [5, 5.41) is 0. The summed E-state index contributed by atoms with van der Waals surface area (Å²) in [7, 11) is 0. The van der Waals surface area contributed by atoms with E-state index < -0.39 is 17.5 Å². The molecule has 0 saturated carbocycles. The number of rotatable bonds is 0. The van der Waals surface area contributed by atoms with Gasteiger partial charge in [-0.15, -0.1) is 0 Å². The first-order chi connectivity index (χ1) is 9.31. The van der Waals surface area contributed by atoms with Crippen LogP contribution in [-0.4, -0.2) is 24.2 Å². The molecule has 1 aliphatic heterocycles. The maximum Gasteiger partial charge on any atom is 0.414 e. The first kappa shape index (κ1) is 14.3. The van der Waals surface area contributed by atoms with Crippen molar-refractivity contribution < 1.29 is 18.7 Å². The number of halogens is 1. The van der Waals surface area contributed by atoms with E-state index in [0.717, 1.165) is 0 Å². The van der Waals surface area contributed by atoms with E-state index in [1.54, 1.807) is 20.8 Å². The summed E-state index contributed by atoms with van der Waals surface area (Å²) in [5.74, 6) is 1.36. The number of hydrogen-bond acceptors (Lipinski definition) is 3. The van der Waals surface area contributed by atoms with Gasteiger partial charge in [0.15, 0.2) is 0 Å². The van der Waals surface area contributed by atoms with Crippen LogP contribution in [0.2, 0.25) is 0 Å². The second-order valence-electron chi connectivity index (χ2n) is 5.62. The van der Waals surface area contributed by atoms with Gasteiger partial charge in [0.25, 0.3) is 0 Å². The van der Waals surface area contributed by atoms with E-state index in [1.165, 1.54) is 23.1 Å². The van der Waals surface area contributed by atoms with Gasteiger partial charge in [-0.3, -0.25) is 4.90 Å². The average Bonchev–Trinajstić information content (AvgIpc) is 2.35. The molecule has 1 aromatic rings. The van der Waals surface area contributed by atoms with Gasteiger partial charge in [-0.2, -0.15) is 0 Å². The largest absolute Gasteiger partial charge is 0.443 e. The maximum atomic E-state index is 13.3. The topological polar surface area (TPSA) is 46.6 Å². The van der Waals surface area contributed by atoms with Crippen LogP contribution < -0.4 is 4.90 Å². The highest BCUT2D eigenvalue weighted by Crippen LogP contribution is 2.34. The predicted molar refractivity (Wildman–Crippen MR) is 73.7 cm³/mol. The molecule has 1 aromatic carbocycles. The molecule has 5 heteroatoms. The van der Waals surface area contributed by atoms with Crippen LogP contribution in [0.3, 0.4) is 0 Å². The number of ether oxygens (including phenoxy) is 1. The molecule has 106 valence electrons. The molecule has 1 heterocycles. The molecule has 0 spiro atoms. The molecule has 0 N–H and O–H groups in total. The average molecular weight is 277 g/mol. The van der Waals surface area contributed by atoms with Crippen LogP contribution in [0.1, 0.15) is 32.8 Å². The Balaban J connectivity index is 2.40. The highest BCUT2D eigenvalue weighted by molar-refractivity contribution is 6.00. The van der Waals surface area contributed by atoms with Gasteiger partial charge in [-0.25, -0.2) is 14.0 Å². The Morgan fingerprint density at radius 2 is 2.10 bits per heavy atom. The van der Waals surface area contributed by atoms with Crippen molar-refractivity contribution in [1.82, 2.24) is 0 Å². The monoisotopic (exact) mass is 277 g/mol. The van der Waals surface area contributed by atoms with E-state index in [-0.39, 0.29) is 0 Å². The minimum atomic E-state index is -0.613. The van der Waals surface area contributed by atoms with Gasteiger partial charge in [0.2, 0.25) is 0 Å². The highest BCUT2D eigenvalue weighted by Gasteiger charge is 2.29. The van der Waals surface area contributed by atoms with Crippen molar-refractivity contribution in [3.63, 3.8) is 0 Å². The summed E-state index contributed by atoms with van der Waals surface area (Å²) >= 11 is 0. The quantitative estimate of drug-likeness (QED) is 0.684. The lowest BCUT2D eigenvalue weighted by molar-refractivity contribution is 0.0580. The molecule has 0 bridgehead atoms. The van der Waals surface area contributed by atoms with Crippen LogP contribution in [0.4, 0.5) is 14.9 Å². The summed E-state index contributed by atoms with van der Waals surface area (Å²) < 4.78 is 18.6. The Labute approximate surface area is 116 Å². The summed E-state index contributed by atoms with van der Waals surface area (Å²) in [6.07, 6.45) is -0.172. The summed E-state index contributed by atoms with van der Waals surface area (Å²) in [6.45, 7) is 5.64. The minimum absolute atomic E-state index is 0.318. The fourth-order valence-corrected chi connectivity index (χ4v) is 2.08. The van der Waals surface area contributed by atoms with Gasteiger partial charge in [0.1, 0.15) is 17.4 Å². The van der Waals surface area contributed by atoms with Crippen molar-refractivity contribution in [3.05, 3.63) is 29.6 Å². The number of carbonyl (C=O) groups is 1. The number of fused-ring (bicyclic) bond motifs is 1. The molecule has 0 aromatic heterocycles. The van der Waals surface area contributed by atoms with E-state index >= 15 is 0 Å². The molecule has 0 radical (unpaired) electrons. The fourth-order valence-electron chi connectivity index (χ4n) is 2.08. The number of nitrogens with zero attached hydrogens (tertiary/aromatic N) is 1. The Bertz CT molecular complexity index is 598. The van der Waals surface area contributed by atoms with Crippen molar-refractivity contribution in [2.75, 3.05) is 11.4 Å². The molecule has 0 aliphatic carbocycles. The van der Waals surface area contributed by atoms with Gasteiger partial charge >= 0.3 is 6.09 Å². The van der Waals surface area contributed by atoms with Gasteiger partial charge in [-0.05, 0) is 39.0 Å². The number of carbonyl (C=O) groups excluding carboxylic acids is 2. The molecule has 20 heavy (non-hydrogen) atoms. The lowest BCUT2D eigenvalue weighted by Crippen LogP contribution is -2.39. The molecule has 1 aliphatic rings. The van der Waals surface area contributed by atoms with Gasteiger partial charge < -0.3 is 4.74 Å². The van der Waals surface area contributed by atoms with Crippen LogP contribution in [0, 0.1) is 5.82 Å². The molecule has 4 nitrogen and oxygen atoms in total. The molecular formula is C15H16FNO3. The van der Waals surface area contributed by atoms with Crippen LogP contribution in [0.25, 0.3) is 5.57 Å². The molecule has 0 atom stereocenters. The predicted octanol–water partition coefficient (Wildman–Crippen LogP) is 3.19. The van der Waals surface area contributed by atoms with Crippen molar-refractivity contribution in [3.8, 4) is 0 Å². The zero-order chi connectivity index (χ0) is 14.9. The smallest absolute Gasteiger partial charge is 0.414 e. The second-order valence-corrected chi connectivity index (χ2v) is 5.62. The van der Waals surface area contributed by atoms with E-state index in [4.69, 9.17) is 4.74 Å². The standard InChI is InChI=1S/C15H16FNO3/c1-15(2,3)20-14(19)17-7-6-10(9-18)12-8-11(16)4-5-13(12)17/h4-5,8H,6-7H2,1-3H3. The minimum Gasteiger partial charge on any atom is -0.443 e. The van der Waals surface area contributed by atoms with Crippen LogP contribution in [0.5, 0.6) is 0 Å². The van der Waals surface area contributed by atoms with Gasteiger partial charge in [0, 0.05) is 24.1 Å². The van der Waals surface area contributed by atoms with E-state index in [2.05, 4.69) is 0 Å². The third kappa shape index (κ3) is 2.89. The SMILES string of the molecule is CC(C)(C)OC(=O)N1CCC(=C=O)c2cc(F)ccc21. The zero-order valence-electron chi connectivity index (χ0n) is 11.7. The van der Waals surface area contributed by atoms with Crippen LogP contribution in [0.15, 0.2) is 18.2 Å². The van der Waals surface area contributed by atoms with E-state index in [9.17, 15) is 14.0 Å². The molecule has 0 saturated heterocycles.